The molecular weight excluding hydrogens is 1580 g/mol. The molecule has 5 aliphatic rings. The van der Waals surface area contributed by atoms with Gasteiger partial charge < -0.3 is 160 Å². The average molecular weight is 1730 g/mol. The molecule has 0 aromatic carbocycles. The zero-order chi connectivity index (χ0) is 88.7. The van der Waals surface area contributed by atoms with E-state index in [0.717, 1.165) is 104 Å². The van der Waals surface area contributed by atoms with E-state index in [2.05, 4.69) is 41.9 Å². The fraction of sp³-hybridized carbons (Fsp3) is 0.904. The summed E-state index contributed by atoms with van der Waals surface area (Å²) in [6.45, 7) is 0.797. The van der Waals surface area contributed by atoms with Gasteiger partial charge in [-0.25, -0.2) is 9.59 Å². The Morgan fingerprint density at radius 2 is 0.908 bits per heavy atom. The van der Waals surface area contributed by atoms with Crippen LogP contribution < -0.4 is 16.0 Å². The molecule has 0 radical (unpaired) electrons. The molecule has 3 amide bonds. The number of ether oxygens (including phenoxy) is 10. The molecule has 29 atom stereocenters. The lowest BCUT2D eigenvalue weighted by Gasteiger charge is -2.52. The van der Waals surface area contributed by atoms with Crippen molar-refractivity contribution in [3.8, 4) is 0 Å². The van der Waals surface area contributed by atoms with Crippen LogP contribution in [0.4, 0.5) is 0 Å². The first-order valence-corrected chi connectivity index (χ1v) is 43.9. The molecule has 21 N–H and O–H groups in total. The highest BCUT2D eigenvalue weighted by molar-refractivity contribution is 5.78. The maximum atomic E-state index is 14.2. The molecule has 0 aliphatic carbocycles. The van der Waals surface area contributed by atoms with Gasteiger partial charge in [0.05, 0.1) is 82.2 Å². The van der Waals surface area contributed by atoms with E-state index in [0.29, 0.717) is 12.8 Å². The van der Waals surface area contributed by atoms with Crippen LogP contribution in [0.25, 0.3) is 0 Å². The van der Waals surface area contributed by atoms with Gasteiger partial charge in [0.15, 0.2) is 18.9 Å². The summed E-state index contributed by atoms with van der Waals surface area (Å²) in [6.07, 6.45) is -14.4. The number of nitrogens with one attached hydrogen (secondary N) is 3. The first kappa shape index (κ1) is 106. The summed E-state index contributed by atoms with van der Waals surface area (Å²) in [4.78, 5) is 79.3. The van der Waals surface area contributed by atoms with Gasteiger partial charge in [-0.1, -0.05) is 187 Å². The van der Waals surface area contributed by atoms with E-state index in [1.165, 1.54) is 96.3 Å². The van der Waals surface area contributed by atoms with Gasteiger partial charge in [0.1, 0.15) is 103 Å². The quantitative estimate of drug-likeness (QED) is 0.0298. The van der Waals surface area contributed by atoms with Gasteiger partial charge in [-0.05, 0) is 45.4 Å². The predicted octanol–water partition coefficient (Wildman–Crippen LogP) is 0.958. The summed E-state index contributed by atoms with van der Waals surface area (Å²) in [5.41, 5.74) is 0. The summed E-state index contributed by atoms with van der Waals surface area (Å²) in [6, 6.07) is -4.87. The van der Waals surface area contributed by atoms with Crippen molar-refractivity contribution in [2.24, 2.45) is 5.92 Å². The highest BCUT2D eigenvalue weighted by Gasteiger charge is 2.64. The minimum absolute atomic E-state index is 0.134. The molecule has 0 spiro atoms. The molecule has 5 heterocycles. The molecule has 5 fully saturated rings. The van der Waals surface area contributed by atoms with E-state index in [1.54, 1.807) is 0 Å². The van der Waals surface area contributed by atoms with E-state index in [4.69, 9.17) is 47.4 Å². The number of hydrogen-bond acceptors (Lipinski definition) is 32. The highest BCUT2D eigenvalue weighted by Crippen LogP contribution is 2.43. The van der Waals surface area contributed by atoms with Crippen LogP contribution in [0.3, 0.4) is 0 Å². The second-order valence-corrected chi connectivity index (χ2v) is 33.2. The monoisotopic (exact) mass is 1730 g/mol. The number of allylic oxidation sites excluding steroid dienone is 2. The maximum Gasteiger partial charge on any atom is 0.364 e. The number of aliphatic hydroxyl groups is 16. The summed E-state index contributed by atoms with van der Waals surface area (Å²) in [7, 11) is 0. The van der Waals surface area contributed by atoms with E-state index in [1.807, 2.05) is 0 Å². The van der Waals surface area contributed by atoms with E-state index < -0.39 is 265 Å². The number of hydrogen-bond donors (Lipinski definition) is 21. The molecule has 37 nitrogen and oxygen atoms in total. The fourth-order valence-corrected chi connectivity index (χ4v) is 16.4. The number of amides is 3. The molecule has 698 valence electrons. The standard InChI is InChI=1S/C83H147N3O34/c1-6-8-10-12-14-16-18-20-21-22-23-24-25-27-29-31-33-35-37-39-62(99)86-53(54(95)38-36-34-32-30-28-26-19-17-15-13-11-9-7-2)48-111-78-70(105)69(104)72(60(46-90)113-78)115-79-71(106)76(73(61(47-91)114-79)116-77-52(40-49(3)92)65(100)67(102)58(44-88)112-77)120-83(81(109)110)42-56(97)64(85-51(5)94)75(119-83)68(103)59(45-89)117-82(80(107)108)41-55(96)63(84-50(4)93)74(118-82)66(101)57(98)43-87/h20-21,52-61,63-79,87-91,95-98,100-106H,6-19,22-48H2,1-5H3,(H,84,93)(H,85,94)(H,86,99)(H,107,108)(H,109,110). The summed E-state index contributed by atoms with van der Waals surface area (Å²) in [5.74, 6) is -15.8. The van der Waals surface area contributed by atoms with Gasteiger partial charge in [0, 0.05) is 45.4 Å². The van der Waals surface area contributed by atoms with Crippen molar-refractivity contribution in [2.45, 2.75) is 430 Å². The number of carbonyl (C=O) groups excluding carboxylic acids is 4. The Balaban J connectivity index is 1.40. The van der Waals surface area contributed by atoms with Crippen LogP contribution in [0, 0.1) is 5.92 Å². The number of unbranched alkanes of at least 4 members (excludes halogenated alkanes) is 27. The molecule has 5 rings (SSSR count). The second kappa shape index (κ2) is 56.0. The lowest BCUT2D eigenvalue weighted by molar-refractivity contribution is -0.404. The van der Waals surface area contributed by atoms with Crippen LogP contribution in [-0.4, -0.2) is 338 Å². The number of aliphatic carboxylic acids is 2. The SMILES string of the molecule is CCCCCCCCC=CCCCCCCCCCCCC(=O)NC(COC1OC(CO)C(OC2OC(CO)C(OC3OC(CO)C(O)C(O)C3CC(C)=O)C(OC3(C(=O)O)CC(O)C(NC(C)=O)C(C(O)C(CO)OC4(C(=O)O)CC(O)C(NC(C)=O)C(C(O)C(O)CO)O4)O3)C2O)C(O)C1O)C(O)CCCCCCCCCCCCCCC. The number of rotatable bonds is 61. The second-order valence-electron chi connectivity index (χ2n) is 33.2. The Hall–Kier alpha value is -4.28. The lowest BCUT2D eigenvalue weighted by Crippen LogP contribution is -2.72. The number of Topliss-reactive ketones (excluding diaryl/α,β-unsaturated/α-hetero) is 1. The topological polar surface area (TPSA) is 595 Å². The minimum Gasteiger partial charge on any atom is -0.477 e. The molecular formula is C83H147N3O34. The van der Waals surface area contributed by atoms with Crippen LogP contribution in [0.5, 0.6) is 0 Å². The molecule has 120 heavy (non-hydrogen) atoms. The number of carbonyl (C=O) groups is 6. The molecule has 0 aromatic rings. The van der Waals surface area contributed by atoms with E-state index >= 15 is 0 Å². The van der Waals surface area contributed by atoms with Crippen LogP contribution in [0.2, 0.25) is 0 Å². The predicted molar refractivity (Wildman–Crippen MR) is 427 cm³/mol. The van der Waals surface area contributed by atoms with Crippen LogP contribution in [-0.2, 0) is 76.1 Å². The number of aliphatic hydroxyl groups excluding tert-OH is 16. The first-order valence-electron chi connectivity index (χ1n) is 43.9. The van der Waals surface area contributed by atoms with Gasteiger partial charge >= 0.3 is 11.9 Å². The Bertz CT molecular complexity index is 2930. The summed E-state index contributed by atoms with van der Waals surface area (Å²) < 4.78 is 60.3. The molecule has 37 heteroatoms. The zero-order valence-corrected chi connectivity index (χ0v) is 70.8. The van der Waals surface area contributed by atoms with Crippen molar-refractivity contribution in [3.05, 3.63) is 12.2 Å². The number of ketones is 1. The lowest BCUT2D eigenvalue weighted by atomic mass is 9.86. The van der Waals surface area contributed by atoms with Gasteiger partial charge in [-0.2, -0.15) is 0 Å². The fourth-order valence-electron chi connectivity index (χ4n) is 16.4. The molecule has 0 bridgehead atoms. The molecule has 5 saturated heterocycles. The molecule has 5 aliphatic heterocycles. The van der Waals surface area contributed by atoms with Gasteiger partial charge in [0.2, 0.25) is 17.7 Å². The summed E-state index contributed by atoms with van der Waals surface area (Å²) in [5, 5.41) is 211. The minimum atomic E-state index is -3.57. The Morgan fingerprint density at radius 1 is 0.467 bits per heavy atom. The van der Waals surface area contributed by atoms with Gasteiger partial charge in [-0.3, -0.25) is 14.4 Å². The highest BCUT2D eigenvalue weighted by atomic mass is 16.8. The van der Waals surface area contributed by atoms with Crippen molar-refractivity contribution in [1.29, 1.82) is 0 Å². The Labute approximate surface area is 704 Å². The van der Waals surface area contributed by atoms with E-state index in [-0.39, 0.29) is 18.7 Å². The number of carboxylic acid groups (broad SMARTS) is 2. The largest absolute Gasteiger partial charge is 0.477 e. The number of carboxylic acids is 2. The summed E-state index contributed by atoms with van der Waals surface area (Å²) >= 11 is 0. The smallest absolute Gasteiger partial charge is 0.364 e. The Morgan fingerprint density at radius 3 is 1.38 bits per heavy atom. The third-order valence-corrected chi connectivity index (χ3v) is 23.3. The van der Waals surface area contributed by atoms with Crippen LogP contribution >= 0.6 is 0 Å². The van der Waals surface area contributed by atoms with Crippen molar-refractivity contribution >= 4 is 35.4 Å². The van der Waals surface area contributed by atoms with E-state index in [9.17, 15) is 121 Å². The van der Waals surface area contributed by atoms with Gasteiger partial charge in [0.25, 0.3) is 11.6 Å². The first-order chi connectivity index (χ1) is 57.3. The maximum absolute atomic E-state index is 14.2. The normalized spacial score (nSPS) is 32.6. The third kappa shape index (κ3) is 33.2. The van der Waals surface area contributed by atoms with Crippen LogP contribution in [0.1, 0.15) is 259 Å². The molecule has 29 unspecified atom stereocenters. The van der Waals surface area contributed by atoms with Crippen molar-refractivity contribution in [1.82, 2.24) is 16.0 Å². The van der Waals surface area contributed by atoms with Crippen LogP contribution in [0.15, 0.2) is 12.2 Å². The molecule has 0 aromatic heterocycles. The van der Waals surface area contributed by atoms with Crippen molar-refractivity contribution < 1.29 is 168 Å². The van der Waals surface area contributed by atoms with Gasteiger partial charge in [-0.15, -0.1) is 0 Å². The van der Waals surface area contributed by atoms with Crippen molar-refractivity contribution in [3.63, 3.8) is 0 Å². The molecule has 0 saturated carbocycles. The average Bonchev–Trinajstić information content (AvgIpc) is 0.746. The van der Waals surface area contributed by atoms with Crippen molar-refractivity contribution in [2.75, 3.05) is 39.6 Å². The third-order valence-electron chi connectivity index (χ3n) is 23.3. The Kier molecular flexibility index (Phi) is 49.6. The zero-order valence-electron chi connectivity index (χ0n) is 70.8.